The summed E-state index contributed by atoms with van der Waals surface area (Å²) in [6.45, 7) is 3.28. The van der Waals surface area contributed by atoms with Gasteiger partial charge in [-0.15, -0.1) is 6.58 Å². The minimum absolute atomic E-state index is 0.0346. The van der Waals surface area contributed by atoms with Crippen molar-refractivity contribution in [3.05, 3.63) is 12.7 Å². The summed E-state index contributed by atoms with van der Waals surface area (Å²) in [5, 5.41) is 10.6. The summed E-state index contributed by atoms with van der Waals surface area (Å²) in [5.74, 6) is -2.24. The van der Waals surface area contributed by atoms with E-state index in [1.807, 2.05) is 5.32 Å². The number of carbonyl (C=O) groups excluding carboxylic acids is 1. The first-order chi connectivity index (χ1) is 7.26. The van der Waals surface area contributed by atoms with Crippen molar-refractivity contribution in [2.75, 3.05) is 0 Å². The van der Waals surface area contributed by atoms with Crippen molar-refractivity contribution in [1.82, 2.24) is 5.32 Å². The zero-order valence-corrected chi connectivity index (χ0v) is 8.38. The lowest BCUT2D eigenvalue weighted by Gasteiger charge is -2.12. The quantitative estimate of drug-likeness (QED) is 0.690. The number of halogens is 3. The van der Waals surface area contributed by atoms with Crippen LogP contribution in [0.15, 0.2) is 12.7 Å². The number of hydrogen-bond acceptors (Lipinski definition) is 2. The van der Waals surface area contributed by atoms with Gasteiger partial charge in [0.05, 0.1) is 6.42 Å². The third kappa shape index (κ3) is 6.86. The molecule has 0 aliphatic carbocycles. The molecule has 4 nitrogen and oxygen atoms in total. The van der Waals surface area contributed by atoms with Crippen molar-refractivity contribution in [3.63, 3.8) is 0 Å². The van der Waals surface area contributed by atoms with Crippen LogP contribution in [0.4, 0.5) is 13.2 Å². The summed E-state index contributed by atoms with van der Waals surface area (Å²) in [5.41, 5.74) is 0. The zero-order valence-electron chi connectivity index (χ0n) is 8.38. The van der Waals surface area contributed by atoms with Gasteiger partial charge in [-0.2, -0.15) is 13.2 Å². The third-order valence-electron chi connectivity index (χ3n) is 1.67. The Bertz CT molecular complexity index is 276. The molecular formula is C9H12F3NO3. The second-order valence-electron chi connectivity index (χ2n) is 3.10. The normalized spacial score (nSPS) is 12.9. The molecule has 0 heterocycles. The molecule has 0 aliphatic heterocycles. The maximum atomic E-state index is 11.7. The Morgan fingerprint density at radius 3 is 2.38 bits per heavy atom. The van der Waals surface area contributed by atoms with Gasteiger partial charge >= 0.3 is 12.1 Å². The van der Waals surface area contributed by atoms with Crippen LogP contribution in [-0.4, -0.2) is 29.2 Å². The molecule has 0 radical (unpaired) electrons. The summed E-state index contributed by atoms with van der Waals surface area (Å²) in [4.78, 5) is 21.5. The average Bonchev–Trinajstić information content (AvgIpc) is 2.13. The fourth-order valence-corrected chi connectivity index (χ4v) is 0.910. The molecule has 1 unspecified atom stereocenters. The molecule has 0 bridgehead atoms. The number of hydrogen-bond donors (Lipinski definition) is 2. The van der Waals surface area contributed by atoms with Crippen molar-refractivity contribution < 1.29 is 27.9 Å². The topological polar surface area (TPSA) is 66.4 Å². The van der Waals surface area contributed by atoms with E-state index >= 15 is 0 Å². The van der Waals surface area contributed by atoms with Gasteiger partial charge in [0.15, 0.2) is 0 Å². The number of nitrogens with one attached hydrogen (secondary N) is 1. The summed E-state index contributed by atoms with van der Waals surface area (Å²) in [6.07, 6.45) is -5.23. The molecular weight excluding hydrogens is 227 g/mol. The van der Waals surface area contributed by atoms with Crippen LogP contribution < -0.4 is 5.32 Å². The second-order valence-corrected chi connectivity index (χ2v) is 3.10. The number of amides is 1. The second kappa shape index (κ2) is 6.14. The van der Waals surface area contributed by atoms with Crippen LogP contribution in [0.3, 0.4) is 0 Å². The number of carboxylic acids is 1. The van der Waals surface area contributed by atoms with Crippen molar-refractivity contribution in [1.29, 1.82) is 0 Å². The first-order valence-corrected chi connectivity index (χ1v) is 4.46. The van der Waals surface area contributed by atoms with Crippen LogP contribution in [0, 0.1) is 0 Å². The van der Waals surface area contributed by atoms with E-state index in [4.69, 9.17) is 5.11 Å². The van der Waals surface area contributed by atoms with Crippen LogP contribution in [0.1, 0.15) is 19.3 Å². The van der Waals surface area contributed by atoms with Gasteiger partial charge in [-0.05, 0) is 6.42 Å². The van der Waals surface area contributed by atoms with E-state index in [1.165, 1.54) is 6.08 Å². The van der Waals surface area contributed by atoms with Crippen molar-refractivity contribution in [2.45, 2.75) is 31.5 Å². The lowest BCUT2D eigenvalue weighted by molar-refractivity contribution is -0.146. The number of rotatable bonds is 6. The van der Waals surface area contributed by atoms with Crippen molar-refractivity contribution in [2.24, 2.45) is 0 Å². The molecule has 0 aliphatic rings. The molecule has 16 heavy (non-hydrogen) atoms. The van der Waals surface area contributed by atoms with Gasteiger partial charge in [-0.3, -0.25) is 4.79 Å². The summed E-state index contributed by atoms with van der Waals surface area (Å²) < 4.78 is 35.2. The predicted molar refractivity (Wildman–Crippen MR) is 49.7 cm³/mol. The molecule has 2 N–H and O–H groups in total. The molecule has 92 valence electrons. The summed E-state index contributed by atoms with van der Waals surface area (Å²) >= 11 is 0. The van der Waals surface area contributed by atoms with E-state index in [0.29, 0.717) is 0 Å². The minimum atomic E-state index is -4.42. The first-order valence-electron chi connectivity index (χ1n) is 4.46. The van der Waals surface area contributed by atoms with Gasteiger partial charge in [-0.25, -0.2) is 4.79 Å². The van der Waals surface area contributed by atoms with E-state index < -0.39 is 36.9 Å². The lowest BCUT2D eigenvalue weighted by atomic mass is 10.2. The SMILES string of the molecule is C=CCC(NC(=O)CCC(F)(F)F)C(=O)O. The fourth-order valence-electron chi connectivity index (χ4n) is 0.910. The van der Waals surface area contributed by atoms with E-state index in [2.05, 4.69) is 6.58 Å². The van der Waals surface area contributed by atoms with Gasteiger partial charge in [0.2, 0.25) is 5.91 Å². The van der Waals surface area contributed by atoms with Crippen LogP contribution in [0.5, 0.6) is 0 Å². The molecule has 0 aromatic heterocycles. The molecule has 0 spiro atoms. The molecule has 0 aromatic rings. The Labute approximate surface area is 90.1 Å². The highest BCUT2D eigenvalue weighted by Gasteiger charge is 2.28. The lowest BCUT2D eigenvalue weighted by Crippen LogP contribution is -2.40. The zero-order chi connectivity index (χ0) is 12.8. The van der Waals surface area contributed by atoms with Crippen LogP contribution in [0.2, 0.25) is 0 Å². The van der Waals surface area contributed by atoms with Gasteiger partial charge < -0.3 is 10.4 Å². The Kier molecular flexibility index (Phi) is 5.55. The standard InChI is InChI=1S/C9H12F3NO3/c1-2-3-6(8(15)16)13-7(14)4-5-9(10,11)12/h2,6H,1,3-5H2,(H,13,14)(H,15,16). The predicted octanol–water partition coefficient (Wildman–Crippen LogP) is 1.47. The molecule has 1 atom stereocenters. The highest BCUT2D eigenvalue weighted by Crippen LogP contribution is 2.21. The first kappa shape index (κ1) is 14.5. The highest BCUT2D eigenvalue weighted by molar-refractivity contribution is 5.83. The van der Waals surface area contributed by atoms with Gasteiger partial charge in [-0.1, -0.05) is 6.08 Å². The van der Waals surface area contributed by atoms with Crippen molar-refractivity contribution in [3.8, 4) is 0 Å². The van der Waals surface area contributed by atoms with Crippen LogP contribution in [-0.2, 0) is 9.59 Å². The maximum Gasteiger partial charge on any atom is 0.389 e. The van der Waals surface area contributed by atoms with Crippen molar-refractivity contribution >= 4 is 11.9 Å². The fraction of sp³-hybridized carbons (Fsp3) is 0.556. The summed E-state index contributed by atoms with van der Waals surface area (Å²) in [6, 6.07) is -1.22. The van der Waals surface area contributed by atoms with E-state index in [0.717, 1.165) is 0 Å². The molecule has 1 amide bonds. The molecule has 7 heteroatoms. The minimum Gasteiger partial charge on any atom is -0.480 e. The monoisotopic (exact) mass is 239 g/mol. The van der Waals surface area contributed by atoms with Gasteiger partial charge in [0.25, 0.3) is 0 Å². The largest absolute Gasteiger partial charge is 0.480 e. The Morgan fingerprint density at radius 1 is 1.44 bits per heavy atom. The maximum absolute atomic E-state index is 11.7. The molecule has 0 saturated heterocycles. The Morgan fingerprint density at radius 2 is 2.00 bits per heavy atom. The number of carboxylic acid groups (broad SMARTS) is 1. The Hall–Kier alpha value is -1.53. The molecule has 0 aromatic carbocycles. The van der Waals surface area contributed by atoms with Crippen LogP contribution in [0.25, 0.3) is 0 Å². The molecule has 0 rings (SSSR count). The van der Waals surface area contributed by atoms with Gasteiger partial charge in [0.1, 0.15) is 6.04 Å². The van der Waals surface area contributed by atoms with E-state index in [-0.39, 0.29) is 6.42 Å². The third-order valence-corrected chi connectivity index (χ3v) is 1.67. The number of carbonyl (C=O) groups is 2. The molecule has 0 saturated carbocycles. The molecule has 0 fully saturated rings. The summed E-state index contributed by atoms with van der Waals surface area (Å²) in [7, 11) is 0. The van der Waals surface area contributed by atoms with E-state index in [9.17, 15) is 22.8 Å². The Balaban J connectivity index is 4.10. The average molecular weight is 239 g/mol. The van der Waals surface area contributed by atoms with E-state index in [1.54, 1.807) is 0 Å². The van der Waals surface area contributed by atoms with Gasteiger partial charge in [0, 0.05) is 6.42 Å². The number of alkyl halides is 3. The van der Waals surface area contributed by atoms with Crippen LogP contribution >= 0.6 is 0 Å². The smallest absolute Gasteiger partial charge is 0.389 e. The number of aliphatic carboxylic acids is 1. The highest BCUT2D eigenvalue weighted by atomic mass is 19.4.